The van der Waals surface area contributed by atoms with Crippen LogP contribution in [0.3, 0.4) is 0 Å². The van der Waals surface area contributed by atoms with E-state index in [2.05, 4.69) is 25.6 Å². The van der Waals surface area contributed by atoms with E-state index >= 15 is 0 Å². The van der Waals surface area contributed by atoms with Gasteiger partial charge in [-0.3, -0.25) is 0 Å². The molecule has 0 atom stereocenters. The summed E-state index contributed by atoms with van der Waals surface area (Å²) in [4.78, 5) is 8.62. The van der Waals surface area contributed by atoms with Crippen LogP contribution in [0.5, 0.6) is 0 Å². The van der Waals surface area contributed by atoms with Gasteiger partial charge in [-0.1, -0.05) is 24.5 Å². The maximum atomic E-state index is 4.34. The minimum Gasteiger partial charge on any atom is -0.365 e. The van der Waals surface area contributed by atoms with Gasteiger partial charge in [-0.25, -0.2) is 14.6 Å². The van der Waals surface area contributed by atoms with Crippen molar-refractivity contribution < 1.29 is 0 Å². The van der Waals surface area contributed by atoms with Crippen molar-refractivity contribution in [3.8, 4) is 0 Å². The van der Waals surface area contributed by atoms with E-state index in [1.54, 1.807) is 6.33 Å². The standard InChI is InChI=1S/C13H18N6/c1-2-9(3-1)6-7-19-13-11(17-18-19)12(14-8-15-13)16-10-4-5-10/h8-10H,1-7H2,(H,14,15,16). The van der Waals surface area contributed by atoms with Crippen LogP contribution in [0.25, 0.3) is 11.2 Å². The van der Waals surface area contributed by atoms with Gasteiger partial charge in [0.05, 0.1) is 0 Å². The topological polar surface area (TPSA) is 68.5 Å². The van der Waals surface area contributed by atoms with E-state index in [1.165, 1.54) is 38.5 Å². The lowest BCUT2D eigenvalue weighted by Crippen LogP contribution is -2.14. The van der Waals surface area contributed by atoms with Crippen molar-refractivity contribution in [3.63, 3.8) is 0 Å². The number of nitrogens with zero attached hydrogens (tertiary/aromatic N) is 5. The van der Waals surface area contributed by atoms with E-state index in [1.807, 2.05) is 4.68 Å². The first kappa shape index (κ1) is 11.1. The monoisotopic (exact) mass is 258 g/mol. The quantitative estimate of drug-likeness (QED) is 0.888. The fourth-order valence-electron chi connectivity index (χ4n) is 2.56. The molecular weight excluding hydrogens is 240 g/mol. The average Bonchev–Trinajstić information content (AvgIpc) is 3.07. The summed E-state index contributed by atoms with van der Waals surface area (Å²) in [7, 11) is 0. The maximum Gasteiger partial charge on any atom is 0.183 e. The maximum absolute atomic E-state index is 4.34. The van der Waals surface area contributed by atoms with Crippen molar-refractivity contribution >= 4 is 17.0 Å². The van der Waals surface area contributed by atoms with Crippen molar-refractivity contribution in [2.75, 3.05) is 5.32 Å². The molecule has 19 heavy (non-hydrogen) atoms. The highest BCUT2D eigenvalue weighted by Gasteiger charge is 2.24. The zero-order valence-corrected chi connectivity index (χ0v) is 10.9. The third kappa shape index (κ3) is 2.15. The molecule has 0 amide bonds. The number of rotatable bonds is 5. The summed E-state index contributed by atoms with van der Waals surface area (Å²) in [6.07, 6.45) is 9.37. The van der Waals surface area contributed by atoms with Crippen LogP contribution in [0.15, 0.2) is 6.33 Å². The fraction of sp³-hybridized carbons (Fsp3) is 0.692. The molecule has 2 aliphatic rings. The molecule has 4 rings (SSSR count). The molecule has 0 saturated heterocycles. The number of hydrogen-bond donors (Lipinski definition) is 1. The molecule has 0 aromatic carbocycles. The molecule has 6 heteroatoms. The molecule has 2 fully saturated rings. The van der Waals surface area contributed by atoms with Crippen LogP contribution in [-0.4, -0.2) is 31.0 Å². The third-order valence-electron chi connectivity index (χ3n) is 4.19. The summed E-state index contributed by atoms with van der Waals surface area (Å²) in [5.74, 6) is 1.72. The smallest absolute Gasteiger partial charge is 0.183 e. The Morgan fingerprint density at radius 2 is 2.11 bits per heavy atom. The van der Waals surface area contributed by atoms with Crippen LogP contribution in [0.4, 0.5) is 5.82 Å². The SMILES string of the molecule is c1nc(NC2CC2)c2nnn(CCC3CCC3)c2n1. The van der Waals surface area contributed by atoms with E-state index in [4.69, 9.17) is 0 Å². The van der Waals surface area contributed by atoms with Gasteiger partial charge in [0.15, 0.2) is 17.0 Å². The predicted molar refractivity (Wildman–Crippen MR) is 71.7 cm³/mol. The van der Waals surface area contributed by atoms with Crippen LogP contribution < -0.4 is 5.32 Å². The highest BCUT2D eigenvalue weighted by molar-refractivity contribution is 5.82. The number of fused-ring (bicyclic) bond motifs is 1. The molecule has 2 aromatic rings. The molecule has 0 unspecified atom stereocenters. The van der Waals surface area contributed by atoms with E-state index in [0.29, 0.717) is 6.04 Å². The Morgan fingerprint density at radius 3 is 2.84 bits per heavy atom. The lowest BCUT2D eigenvalue weighted by Gasteiger charge is -2.24. The average molecular weight is 258 g/mol. The first-order chi connectivity index (χ1) is 9.40. The number of nitrogens with one attached hydrogen (secondary N) is 1. The largest absolute Gasteiger partial charge is 0.365 e. The minimum absolute atomic E-state index is 0.568. The molecule has 100 valence electrons. The lowest BCUT2D eigenvalue weighted by molar-refractivity contribution is 0.278. The highest BCUT2D eigenvalue weighted by Crippen LogP contribution is 2.30. The van der Waals surface area contributed by atoms with Crippen LogP contribution in [0, 0.1) is 5.92 Å². The lowest BCUT2D eigenvalue weighted by atomic mass is 9.83. The molecule has 2 aromatic heterocycles. The van der Waals surface area contributed by atoms with Gasteiger partial charge in [0.1, 0.15) is 6.33 Å². The Bertz CT molecular complexity index is 584. The summed E-state index contributed by atoms with van der Waals surface area (Å²) >= 11 is 0. The van der Waals surface area contributed by atoms with E-state index in [0.717, 1.165) is 29.4 Å². The van der Waals surface area contributed by atoms with Crippen molar-refractivity contribution in [1.82, 2.24) is 25.0 Å². The van der Waals surface area contributed by atoms with Gasteiger partial charge < -0.3 is 5.32 Å². The second-order valence-corrected chi connectivity index (χ2v) is 5.71. The van der Waals surface area contributed by atoms with E-state index < -0.39 is 0 Å². The molecule has 0 aliphatic heterocycles. The van der Waals surface area contributed by atoms with Crippen LogP contribution in [-0.2, 0) is 6.54 Å². The first-order valence-corrected chi connectivity index (χ1v) is 7.21. The molecule has 6 nitrogen and oxygen atoms in total. The molecule has 2 heterocycles. The number of hydrogen-bond acceptors (Lipinski definition) is 5. The number of aromatic nitrogens is 5. The van der Waals surface area contributed by atoms with E-state index in [-0.39, 0.29) is 0 Å². The fourth-order valence-corrected chi connectivity index (χ4v) is 2.56. The Hall–Kier alpha value is -1.72. The van der Waals surface area contributed by atoms with Crippen LogP contribution in [0.1, 0.15) is 38.5 Å². The van der Waals surface area contributed by atoms with Gasteiger partial charge in [0.2, 0.25) is 0 Å². The summed E-state index contributed by atoms with van der Waals surface area (Å²) < 4.78 is 1.92. The van der Waals surface area contributed by atoms with Gasteiger partial charge >= 0.3 is 0 Å². The van der Waals surface area contributed by atoms with Gasteiger partial charge in [-0.15, -0.1) is 5.10 Å². The van der Waals surface area contributed by atoms with Crippen LogP contribution in [0.2, 0.25) is 0 Å². The van der Waals surface area contributed by atoms with Gasteiger partial charge in [0.25, 0.3) is 0 Å². The van der Waals surface area contributed by atoms with Crippen molar-refractivity contribution in [2.45, 2.75) is 51.1 Å². The highest BCUT2D eigenvalue weighted by atomic mass is 15.4. The van der Waals surface area contributed by atoms with Gasteiger partial charge in [0, 0.05) is 12.6 Å². The summed E-state index contributed by atoms with van der Waals surface area (Å²) in [5, 5.41) is 11.9. The second-order valence-electron chi connectivity index (χ2n) is 5.71. The molecule has 0 radical (unpaired) electrons. The summed E-state index contributed by atoms with van der Waals surface area (Å²) in [6, 6.07) is 0.568. The zero-order chi connectivity index (χ0) is 12.7. The molecule has 1 N–H and O–H groups in total. The Labute approximate surface area is 111 Å². The normalized spacial score (nSPS) is 19.6. The van der Waals surface area contributed by atoms with E-state index in [9.17, 15) is 0 Å². The molecule has 0 bridgehead atoms. The Balaban J connectivity index is 1.57. The first-order valence-electron chi connectivity index (χ1n) is 7.21. The van der Waals surface area contributed by atoms with Crippen LogP contribution >= 0.6 is 0 Å². The molecular formula is C13H18N6. The van der Waals surface area contributed by atoms with Crippen molar-refractivity contribution in [3.05, 3.63) is 6.33 Å². The predicted octanol–water partition coefficient (Wildman–Crippen LogP) is 1.99. The summed E-state index contributed by atoms with van der Waals surface area (Å²) in [6.45, 7) is 0.918. The number of anilines is 1. The third-order valence-corrected chi connectivity index (χ3v) is 4.19. The Morgan fingerprint density at radius 1 is 1.21 bits per heavy atom. The summed E-state index contributed by atoms with van der Waals surface area (Å²) in [5.41, 5.74) is 1.67. The Kier molecular flexibility index (Phi) is 2.60. The molecule has 0 spiro atoms. The van der Waals surface area contributed by atoms with Gasteiger partial charge in [-0.2, -0.15) is 0 Å². The molecule has 2 aliphatic carbocycles. The van der Waals surface area contributed by atoms with Crippen molar-refractivity contribution in [1.29, 1.82) is 0 Å². The minimum atomic E-state index is 0.568. The zero-order valence-electron chi connectivity index (χ0n) is 10.9. The van der Waals surface area contributed by atoms with Crippen molar-refractivity contribution in [2.24, 2.45) is 5.92 Å². The van der Waals surface area contributed by atoms with Gasteiger partial charge in [-0.05, 0) is 25.2 Å². The second kappa shape index (κ2) is 4.43. The number of aryl methyl sites for hydroxylation is 1. The molecule has 2 saturated carbocycles.